The van der Waals surface area contributed by atoms with Crippen molar-refractivity contribution in [2.45, 2.75) is 27.7 Å². The van der Waals surface area contributed by atoms with Crippen molar-refractivity contribution in [1.29, 1.82) is 0 Å². The van der Waals surface area contributed by atoms with Crippen molar-refractivity contribution in [1.82, 2.24) is 9.13 Å². The van der Waals surface area contributed by atoms with E-state index in [1.807, 2.05) is 0 Å². The standard InChI is InChI=1S/C70H54N4/c1-47-13-29-55(30-14-47)71(56-31-15-48(2)16-32-56)59-37-21-51(22-38-59)53-25-41-61(42-26-53)73-67-11-7-5-9-63(67)65-45-66-64-10-6-8-12-68(64)74(70(66)46-69(65)73)62-43-27-54(28-44-62)52-23-39-60(40-24-52)72(57-33-17-49(3)18-34-57)58-35-19-50(4)20-36-58/h5-46H,1-4H3. The van der Waals surface area contributed by atoms with Crippen LogP contribution in [0.5, 0.6) is 0 Å². The number of benzene rings is 11. The monoisotopic (exact) mass is 950 g/mol. The van der Waals surface area contributed by atoms with E-state index in [-0.39, 0.29) is 0 Å². The van der Waals surface area contributed by atoms with Gasteiger partial charge in [0.1, 0.15) is 0 Å². The Hall–Kier alpha value is -9.38. The van der Waals surface area contributed by atoms with Crippen molar-refractivity contribution in [3.8, 4) is 33.6 Å². The summed E-state index contributed by atoms with van der Waals surface area (Å²) >= 11 is 0. The highest BCUT2D eigenvalue weighted by molar-refractivity contribution is 6.19. The van der Waals surface area contributed by atoms with Crippen LogP contribution in [0.2, 0.25) is 0 Å². The van der Waals surface area contributed by atoms with Crippen LogP contribution in [0, 0.1) is 27.7 Å². The van der Waals surface area contributed by atoms with E-state index in [9.17, 15) is 0 Å². The van der Waals surface area contributed by atoms with Crippen LogP contribution in [0.25, 0.3) is 77.2 Å². The Morgan fingerprint density at radius 2 is 0.486 bits per heavy atom. The molecule has 0 atom stereocenters. The Balaban J connectivity index is 0.846. The Bertz CT molecular complexity index is 3780. The van der Waals surface area contributed by atoms with Crippen LogP contribution in [0.3, 0.4) is 0 Å². The number of rotatable bonds is 10. The smallest absolute Gasteiger partial charge is 0.0562 e. The van der Waals surface area contributed by atoms with Crippen molar-refractivity contribution < 1.29 is 0 Å². The van der Waals surface area contributed by atoms with Gasteiger partial charge in [0.05, 0.1) is 22.1 Å². The van der Waals surface area contributed by atoms with Gasteiger partial charge in [0.25, 0.3) is 0 Å². The zero-order chi connectivity index (χ0) is 49.9. The first kappa shape index (κ1) is 44.6. The number of fused-ring (bicyclic) bond motifs is 6. The summed E-state index contributed by atoms with van der Waals surface area (Å²) in [5.41, 5.74) is 23.4. The predicted octanol–water partition coefficient (Wildman–Crippen LogP) is 19.4. The van der Waals surface area contributed by atoms with Crippen LogP contribution in [0.1, 0.15) is 22.3 Å². The van der Waals surface area contributed by atoms with E-state index in [0.29, 0.717) is 0 Å². The summed E-state index contributed by atoms with van der Waals surface area (Å²) in [6, 6.07) is 93.6. The lowest BCUT2D eigenvalue weighted by Gasteiger charge is -2.26. The summed E-state index contributed by atoms with van der Waals surface area (Å²) in [4.78, 5) is 4.65. The Kier molecular flexibility index (Phi) is 11.0. The topological polar surface area (TPSA) is 16.3 Å². The zero-order valence-corrected chi connectivity index (χ0v) is 42.0. The zero-order valence-electron chi connectivity index (χ0n) is 42.0. The highest BCUT2D eigenvalue weighted by atomic mass is 15.1. The fourth-order valence-corrected chi connectivity index (χ4v) is 10.9. The number of aryl methyl sites for hydroxylation is 4. The molecule has 13 rings (SSSR count). The number of para-hydroxylation sites is 2. The SMILES string of the molecule is Cc1ccc(N(c2ccc(C)cc2)c2ccc(-c3ccc(-n4c5ccccc5c5cc6c7ccccc7n(-c7ccc(-c8ccc(N(c9ccc(C)cc9)c9ccc(C)cc9)cc8)cc7)c6cc54)cc3)cc2)cc1. The minimum atomic E-state index is 1.12. The van der Waals surface area contributed by atoms with Crippen molar-refractivity contribution >= 4 is 77.7 Å². The molecule has 0 saturated carbocycles. The molecule has 4 nitrogen and oxygen atoms in total. The molecular formula is C70H54N4. The highest BCUT2D eigenvalue weighted by Gasteiger charge is 2.20. The maximum atomic E-state index is 2.44. The molecule has 0 unspecified atom stereocenters. The maximum Gasteiger partial charge on any atom is 0.0562 e. The van der Waals surface area contributed by atoms with Crippen molar-refractivity contribution in [3.63, 3.8) is 0 Å². The van der Waals surface area contributed by atoms with Gasteiger partial charge in [0, 0.05) is 67.0 Å². The third-order valence-electron chi connectivity index (χ3n) is 14.8. The lowest BCUT2D eigenvalue weighted by Crippen LogP contribution is -2.09. The number of hydrogen-bond donors (Lipinski definition) is 0. The van der Waals surface area contributed by atoms with Crippen LogP contribution in [-0.4, -0.2) is 9.13 Å². The average Bonchev–Trinajstić information content (AvgIpc) is 3.95. The van der Waals surface area contributed by atoms with Gasteiger partial charge in [-0.3, -0.25) is 0 Å². The lowest BCUT2D eigenvalue weighted by atomic mass is 10.0. The van der Waals surface area contributed by atoms with Gasteiger partial charge >= 0.3 is 0 Å². The minimum absolute atomic E-state index is 1.12. The molecule has 11 aromatic carbocycles. The van der Waals surface area contributed by atoms with Gasteiger partial charge in [-0.25, -0.2) is 0 Å². The number of hydrogen-bond acceptors (Lipinski definition) is 2. The molecule has 0 spiro atoms. The molecule has 0 fully saturated rings. The molecule has 2 aromatic heterocycles. The molecule has 0 radical (unpaired) electrons. The molecule has 0 amide bonds. The third kappa shape index (κ3) is 7.98. The van der Waals surface area contributed by atoms with Crippen LogP contribution >= 0.6 is 0 Å². The molecule has 0 saturated heterocycles. The van der Waals surface area contributed by atoms with E-state index in [0.717, 1.165) is 45.5 Å². The van der Waals surface area contributed by atoms with E-state index in [4.69, 9.17) is 0 Å². The van der Waals surface area contributed by atoms with Gasteiger partial charge in [-0.1, -0.05) is 156 Å². The second-order valence-electron chi connectivity index (χ2n) is 19.8. The molecule has 0 aliphatic rings. The quantitative estimate of drug-likeness (QED) is 0.136. The second-order valence-corrected chi connectivity index (χ2v) is 19.8. The average molecular weight is 951 g/mol. The van der Waals surface area contributed by atoms with Gasteiger partial charge in [-0.05, 0) is 171 Å². The highest BCUT2D eigenvalue weighted by Crippen LogP contribution is 2.42. The molecule has 0 bridgehead atoms. The molecule has 4 heteroatoms. The van der Waals surface area contributed by atoms with Gasteiger partial charge in [-0.2, -0.15) is 0 Å². The molecule has 0 aliphatic heterocycles. The molecule has 0 aliphatic carbocycles. The summed E-state index contributed by atoms with van der Waals surface area (Å²) in [5.74, 6) is 0. The first-order valence-corrected chi connectivity index (χ1v) is 25.6. The largest absolute Gasteiger partial charge is 0.311 e. The van der Waals surface area contributed by atoms with Crippen molar-refractivity contribution in [2.24, 2.45) is 0 Å². The van der Waals surface area contributed by atoms with Gasteiger partial charge < -0.3 is 18.9 Å². The summed E-state index contributed by atoms with van der Waals surface area (Å²) in [5, 5.41) is 4.96. The maximum absolute atomic E-state index is 2.44. The Labute approximate surface area is 432 Å². The van der Waals surface area contributed by atoms with E-state index >= 15 is 0 Å². The minimum Gasteiger partial charge on any atom is -0.311 e. The van der Waals surface area contributed by atoms with E-state index in [1.54, 1.807) is 0 Å². The number of nitrogens with zero attached hydrogens (tertiary/aromatic N) is 4. The normalized spacial score (nSPS) is 11.5. The van der Waals surface area contributed by atoms with Crippen molar-refractivity contribution in [3.05, 3.63) is 277 Å². The first-order valence-electron chi connectivity index (χ1n) is 25.6. The van der Waals surface area contributed by atoms with Crippen LogP contribution in [-0.2, 0) is 0 Å². The van der Waals surface area contributed by atoms with Gasteiger partial charge in [0.15, 0.2) is 0 Å². The van der Waals surface area contributed by atoms with Crippen LogP contribution in [0.4, 0.5) is 34.1 Å². The second kappa shape index (κ2) is 18.3. The Morgan fingerprint density at radius 3 is 0.784 bits per heavy atom. The number of anilines is 6. The summed E-state index contributed by atoms with van der Waals surface area (Å²) < 4.78 is 4.87. The molecule has 0 N–H and O–H groups in total. The molecule has 13 aromatic rings. The molecule has 74 heavy (non-hydrogen) atoms. The summed E-state index contributed by atoms with van der Waals surface area (Å²) in [6.45, 7) is 8.54. The lowest BCUT2D eigenvalue weighted by molar-refractivity contribution is 1.16. The van der Waals surface area contributed by atoms with Crippen LogP contribution < -0.4 is 9.80 Å². The molecule has 2 heterocycles. The van der Waals surface area contributed by atoms with Gasteiger partial charge in [-0.15, -0.1) is 0 Å². The number of aromatic nitrogens is 2. The van der Waals surface area contributed by atoms with E-state index in [2.05, 4.69) is 301 Å². The van der Waals surface area contributed by atoms with Gasteiger partial charge in [0.2, 0.25) is 0 Å². The summed E-state index contributed by atoms with van der Waals surface area (Å²) in [6.07, 6.45) is 0. The Morgan fingerprint density at radius 1 is 0.230 bits per heavy atom. The fourth-order valence-electron chi connectivity index (χ4n) is 10.9. The summed E-state index contributed by atoms with van der Waals surface area (Å²) in [7, 11) is 0. The molecule has 354 valence electrons. The first-order chi connectivity index (χ1) is 36.3. The predicted molar refractivity (Wildman–Crippen MR) is 314 cm³/mol. The van der Waals surface area contributed by atoms with Crippen LogP contribution in [0.15, 0.2) is 255 Å². The molecular weight excluding hydrogens is 897 g/mol. The fraction of sp³-hybridized carbons (Fsp3) is 0.0571. The van der Waals surface area contributed by atoms with E-state index < -0.39 is 0 Å². The van der Waals surface area contributed by atoms with Crippen molar-refractivity contribution in [2.75, 3.05) is 9.80 Å². The van der Waals surface area contributed by atoms with E-state index in [1.165, 1.54) is 88.1 Å². The third-order valence-corrected chi connectivity index (χ3v) is 14.8.